The molecular formula is C24H25F6NO4S. The van der Waals surface area contributed by atoms with E-state index in [1.807, 2.05) is 0 Å². The molecule has 0 saturated heterocycles. The summed E-state index contributed by atoms with van der Waals surface area (Å²) in [5.74, 6) is -0.850. The van der Waals surface area contributed by atoms with E-state index < -0.39 is 56.5 Å². The number of nitrogens with zero attached hydrogens (tertiary/aromatic N) is 1. The van der Waals surface area contributed by atoms with E-state index in [1.165, 1.54) is 0 Å². The average molecular weight is 538 g/mol. The van der Waals surface area contributed by atoms with Crippen LogP contribution in [0, 0.1) is 0 Å². The number of halogens is 6. The second-order valence-corrected chi connectivity index (χ2v) is 10.5. The first-order chi connectivity index (χ1) is 16.5. The highest BCUT2D eigenvalue weighted by molar-refractivity contribution is 7.85. The molecular weight excluding hydrogens is 512 g/mol. The fraction of sp³-hybridized carbons (Fsp3) is 0.458. The molecule has 1 aliphatic carbocycles. The Balaban J connectivity index is 2.17. The second kappa shape index (κ2) is 10.0. The minimum absolute atomic E-state index is 0.0353. The molecule has 5 nitrogen and oxygen atoms in total. The van der Waals surface area contributed by atoms with Crippen LogP contribution in [0.2, 0.25) is 0 Å². The Labute approximate surface area is 205 Å². The predicted molar refractivity (Wildman–Crippen MR) is 119 cm³/mol. The third kappa shape index (κ3) is 6.20. The van der Waals surface area contributed by atoms with Crippen LogP contribution in [-0.4, -0.2) is 25.6 Å². The van der Waals surface area contributed by atoms with Crippen molar-refractivity contribution in [2.24, 2.45) is 0 Å². The third-order valence-electron chi connectivity index (χ3n) is 6.30. The van der Waals surface area contributed by atoms with Gasteiger partial charge in [0.2, 0.25) is 0 Å². The fourth-order valence-corrected chi connectivity index (χ4v) is 5.01. The SMILES string of the molecule is CC(c1cc(C(F)(F)F)cc(C(F)(F)F)c1)N(OS(C)(=O)=O)C(=O)C1(c2ccccc2)CCCCC1. The van der Waals surface area contributed by atoms with Crippen LogP contribution in [0.3, 0.4) is 0 Å². The number of hydrogen-bond donors (Lipinski definition) is 0. The summed E-state index contributed by atoms with van der Waals surface area (Å²) in [5.41, 5.74) is -4.44. The quantitative estimate of drug-likeness (QED) is 0.316. The normalized spacial score (nSPS) is 17.4. The molecule has 36 heavy (non-hydrogen) atoms. The summed E-state index contributed by atoms with van der Waals surface area (Å²) in [4.78, 5) is 14.0. The van der Waals surface area contributed by atoms with Crippen LogP contribution < -0.4 is 0 Å². The van der Waals surface area contributed by atoms with Gasteiger partial charge >= 0.3 is 12.4 Å². The lowest BCUT2D eigenvalue weighted by atomic mass is 9.68. The Hall–Kier alpha value is -2.60. The van der Waals surface area contributed by atoms with E-state index in [0.29, 0.717) is 54.7 Å². The molecule has 1 atom stereocenters. The Kier molecular flexibility index (Phi) is 7.81. The minimum Gasteiger partial charge on any atom is -0.271 e. The molecule has 0 heterocycles. The van der Waals surface area contributed by atoms with Crippen LogP contribution in [0.25, 0.3) is 0 Å². The van der Waals surface area contributed by atoms with Crippen molar-refractivity contribution in [2.45, 2.75) is 62.8 Å². The van der Waals surface area contributed by atoms with Gasteiger partial charge in [0.25, 0.3) is 16.0 Å². The summed E-state index contributed by atoms with van der Waals surface area (Å²) in [7, 11) is -4.39. The van der Waals surface area contributed by atoms with Crippen LogP contribution in [0.15, 0.2) is 48.5 Å². The number of benzene rings is 2. The van der Waals surface area contributed by atoms with Crippen molar-refractivity contribution in [3.05, 3.63) is 70.8 Å². The summed E-state index contributed by atoms with van der Waals surface area (Å²) in [6, 6.07) is 7.74. The highest BCUT2D eigenvalue weighted by atomic mass is 32.2. The van der Waals surface area contributed by atoms with Crippen LogP contribution in [0.4, 0.5) is 26.3 Å². The molecule has 0 radical (unpaired) electrons. The molecule has 1 unspecified atom stereocenters. The monoisotopic (exact) mass is 537 g/mol. The molecule has 1 saturated carbocycles. The second-order valence-electron chi connectivity index (χ2n) is 8.93. The zero-order valence-electron chi connectivity index (χ0n) is 19.5. The molecule has 2 aromatic carbocycles. The molecule has 198 valence electrons. The lowest BCUT2D eigenvalue weighted by Gasteiger charge is -2.41. The first-order valence-electron chi connectivity index (χ1n) is 11.1. The number of hydrogen-bond acceptors (Lipinski definition) is 4. The van der Waals surface area contributed by atoms with Gasteiger partial charge in [-0.15, -0.1) is 4.28 Å². The van der Waals surface area contributed by atoms with Crippen molar-refractivity contribution in [2.75, 3.05) is 6.26 Å². The van der Waals surface area contributed by atoms with Gasteiger partial charge in [0.05, 0.1) is 28.8 Å². The molecule has 1 amide bonds. The molecule has 1 fully saturated rings. The zero-order chi connectivity index (χ0) is 26.9. The van der Waals surface area contributed by atoms with Crippen LogP contribution >= 0.6 is 0 Å². The Morgan fingerprint density at radius 2 is 1.42 bits per heavy atom. The van der Waals surface area contributed by atoms with Gasteiger partial charge in [0.15, 0.2) is 0 Å². The Morgan fingerprint density at radius 3 is 1.86 bits per heavy atom. The number of carbonyl (C=O) groups excluding carboxylic acids is 1. The summed E-state index contributed by atoms with van der Waals surface area (Å²) in [6.45, 7) is 1.13. The van der Waals surface area contributed by atoms with E-state index in [-0.39, 0.29) is 6.07 Å². The van der Waals surface area contributed by atoms with Crippen molar-refractivity contribution in [1.29, 1.82) is 0 Å². The highest BCUT2D eigenvalue weighted by Crippen LogP contribution is 2.44. The van der Waals surface area contributed by atoms with E-state index in [4.69, 9.17) is 4.28 Å². The van der Waals surface area contributed by atoms with Crippen LogP contribution in [0.5, 0.6) is 0 Å². The molecule has 0 spiro atoms. The average Bonchev–Trinajstić information content (AvgIpc) is 2.80. The maximum atomic E-state index is 14.0. The number of hydroxylamine groups is 2. The lowest BCUT2D eigenvalue weighted by Crippen LogP contribution is -2.49. The van der Waals surface area contributed by atoms with Gasteiger partial charge in [-0.3, -0.25) is 4.79 Å². The van der Waals surface area contributed by atoms with Gasteiger partial charge in [0, 0.05) is 0 Å². The molecule has 0 N–H and O–H groups in total. The minimum atomic E-state index is -5.11. The summed E-state index contributed by atoms with van der Waals surface area (Å²) in [6.07, 6.45) is -6.93. The van der Waals surface area contributed by atoms with Gasteiger partial charge in [-0.1, -0.05) is 49.6 Å². The van der Waals surface area contributed by atoms with Crippen molar-refractivity contribution in [1.82, 2.24) is 5.06 Å². The third-order valence-corrected chi connectivity index (χ3v) is 6.73. The van der Waals surface area contributed by atoms with Crippen molar-refractivity contribution >= 4 is 16.0 Å². The molecule has 0 bridgehead atoms. The van der Waals surface area contributed by atoms with E-state index in [0.717, 1.165) is 13.3 Å². The first-order valence-corrected chi connectivity index (χ1v) is 12.9. The van der Waals surface area contributed by atoms with Gasteiger partial charge in [0.1, 0.15) is 0 Å². The van der Waals surface area contributed by atoms with E-state index in [1.54, 1.807) is 30.3 Å². The number of rotatable bonds is 6. The standard InChI is InChI=1S/C24H25F6NO4S/c1-16(17-13-19(23(25,26)27)15-20(14-17)24(28,29)30)31(35-36(2,33)34)21(32)22(11-7-4-8-12-22)18-9-5-3-6-10-18/h3,5-6,9-10,13-16H,4,7-8,11-12H2,1-2H3. The Morgan fingerprint density at radius 1 is 0.917 bits per heavy atom. The number of amides is 1. The molecule has 0 aromatic heterocycles. The smallest absolute Gasteiger partial charge is 0.271 e. The zero-order valence-corrected chi connectivity index (χ0v) is 20.3. The van der Waals surface area contributed by atoms with E-state index in [9.17, 15) is 39.6 Å². The topological polar surface area (TPSA) is 63.7 Å². The number of alkyl halides is 6. The maximum absolute atomic E-state index is 14.0. The van der Waals surface area contributed by atoms with Gasteiger partial charge < -0.3 is 0 Å². The van der Waals surface area contributed by atoms with Gasteiger partial charge in [-0.2, -0.15) is 39.8 Å². The Bertz CT molecular complexity index is 1160. The highest BCUT2D eigenvalue weighted by Gasteiger charge is 2.47. The maximum Gasteiger partial charge on any atom is 0.416 e. The fourth-order valence-electron chi connectivity index (χ4n) is 4.53. The first kappa shape index (κ1) is 28.0. The van der Waals surface area contributed by atoms with Gasteiger partial charge in [-0.25, -0.2) is 0 Å². The van der Waals surface area contributed by atoms with Crippen LogP contribution in [-0.2, 0) is 37.0 Å². The molecule has 12 heteroatoms. The van der Waals surface area contributed by atoms with E-state index in [2.05, 4.69) is 0 Å². The summed E-state index contributed by atoms with van der Waals surface area (Å²) < 4.78 is 110. The molecule has 0 aliphatic heterocycles. The van der Waals surface area contributed by atoms with Gasteiger partial charge in [-0.05, 0) is 49.1 Å². The molecule has 3 rings (SSSR count). The summed E-state index contributed by atoms with van der Waals surface area (Å²) >= 11 is 0. The number of carbonyl (C=O) groups is 1. The van der Waals surface area contributed by atoms with Crippen molar-refractivity contribution in [3.8, 4) is 0 Å². The lowest BCUT2D eigenvalue weighted by molar-refractivity contribution is -0.172. The van der Waals surface area contributed by atoms with Crippen molar-refractivity contribution < 1.29 is 43.8 Å². The molecule has 2 aromatic rings. The predicted octanol–water partition coefficient (Wildman–Crippen LogP) is 6.41. The summed E-state index contributed by atoms with van der Waals surface area (Å²) in [5, 5.41) is 0.406. The van der Waals surface area contributed by atoms with Crippen LogP contribution in [0.1, 0.15) is 67.3 Å². The van der Waals surface area contributed by atoms with Crippen molar-refractivity contribution in [3.63, 3.8) is 0 Å². The van der Waals surface area contributed by atoms with E-state index >= 15 is 0 Å². The molecule has 1 aliphatic rings. The largest absolute Gasteiger partial charge is 0.416 e.